The second kappa shape index (κ2) is 8.79. The van der Waals surface area contributed by atoms with Gasteiger partial charge in [0.2, 0.25) is 0 Å². The smallest absolute Gasteiger partial charge is 0.265 e. The molecule has 1 aliphatic rings. The van der Waals surface area contributed by atoms with Gasteiger partial charge in [-0.1, -0.05) is 24.3 Å². The van der Waals surface area contributed by atoms with Crippen molar-refractivity contribution in [1.82, 2.24) is 0 Å². The number of amides is 2. The fraction of sp³-hybridized carbons (Fsp3) is 0.167. The lowest BCUT2D eigenvalue weighted by Crippen LogP contribution is -2.31. The number of rotatable bonds is 6. The number of methoxy groups -OCH3 is 2. The highest BCUT2D eigenvalue weighted by molar-refractivity contribution is 6.05. The summed E-state index contributed by atoms with van der Waals surface area (Å²) in [5.74, 6) is 1.24. The topological polar surface area (TPSA) is 85.9 Å². The number of hydrogen-bond donors (Lipinski definition) is 2. The fourth-order valence-corrected chi connectivity index (χ4v) is 3.41. The van der Waals surface area contributed by atoms with Crippen LogP contribution in [0.15, 0.2) is 66.7 Å². The van der Waals surface area contributed by atoms with E-state index in [-0.39, 0.29) is 11.8 Å². The molecule has 2 amide bonds. The van der Waals surface area contributed by atoms with Gasteiger partial charge in [-0.2, -0.15) is 0 Å². The highest BCUT2D eigenvalue weighted by Crippen LogP contribution is 2.30. The highest BCUT2D eigenvalue weighted by atomic mass is 16.5. The van der Waals surface area contributed by atoms with Crippen LogP contribution in [0.25, 0.3) is 0 Å². The maximum Gasteiger partial charge on any atom is 0.265 e. The summed E-state index contributed by atoms with van der Waals surface area (Å²) >= 11 is 0. The van der Waals surface area contributed by atoms with Gasteiger partial charge in [0.05, 0.1) is 14.2 Å². The molecule has 1 aliphatic heterocycles. The number of carbonyl (C=O) groups excluding carboxylic acids is 2. The van der Waals surface area contributed by atoms with E-state index >= 15 is 0 Å². The maximum atomic E-state index is 12.7. The van der Waals surface area contributed by atoms with Crippen molar-refractivity contribution in [2.75, 3.05) is 24.9 Å². The van der Waals surface area contributed by atoms with Crippen molar-refractivity contribution >= 4 is 23.2 Å². The normalized spacial score (nSPS) is 14.2. The molecule has 7 heteroatoms. The molecule has 1 unspecified atom stereocenters. The molecular formula is C24H22N2O5. The molecule has 4 rings (SSSR count). The van der Waals surface area contributed by atoms with E-state index in [1.165, 1.54) is 7.11 Å². The predicted molar refractivity (Wildman–Crippen MR) is 117 cm³/mol. The quantitative estimate of drug-likeness (QED) is 0.634. The van der Waals surface area contributed by atoms with Crippen molar-refractivity contribution in [3.8, 4) is 17.2 Å². The second-order valence-corrected chi connectivity index (χ2v) is 7.01. The third kappa shape index (κ3) is 4.45. The van der Waals surface area contributed by atoms with Gasteiger partial charge < -0.3 is 24.8 Å². The zero-order valence-corrected chi connectivity index (χ0v) is 17.2. The maximum absolute atomic E-state index is 12.7. The van der Waals surface area contributed by atoms with Crippen LogP contribution in [-0.2, 0) is 11.2 Å². The Hall–Kier alpha value is -4.00. The number of carbonyl (C=O) groups is 2. The number of fused-ring (bicyclic) bond motifs is 1. The summed E-state index contributed by atoms with van der Waals surface area (Å²) in [6, 6.07) is 19.4. The largest absolute Gasteiger partial charge is 0.493 e. The molecule has 0 bridgehead atoms. The number of nitrogens with one attached hydrogen (secondary N) is 2. The van der Waals surface area contributed by atoms with E-state index in [4.69, 9.17) is 14.2 Å². The Kier molecular flexibility index (Phi) is 5.75. The van der Waals surface area contributed by atoms with Crippen LogP contribution in [0.5, 0.6) is 17.2 Å². The summed E-state index contributed by atoms with van der Waals surface area (Å²) in [4.78, 5) is 25.3. The van der Waals surface area contributed by atoms with Crippen molar-refractivity contribution in [3.05, 3.63) is 77.9 Å². The minimum absolute atomic E-state index is 0.256. The molecule has 0 aliphatic carbocycles. The Labute approximate surface area is 179 Å². The average molecular weight is 418 g/mol. The standard InChI is InChI=1S/C24H22N2O5/c1-29-20-11-10-18(14-21(20)30-2)25-23(27)16-7-5-8-17(12-16)26-24(28)22-13-15-6-3-4-9-19(15)31-22/h3-12,14,22H,13H2,1-2H3,(H,25,27)(H,26,28). The van der Waals surface area contributed by atoms with Crippen LogP contribution in [0, 0.1) is 0 Å². The zero-order valence-electron chi connectivity index (χ0n) is 17.2. The van der Waals surface area contributed by atoms with Gasteiger partial charge in [0.15, 0.2) is 17.6 Å². The molecule has 0 radical (unpaired) electrons. The van der Waals surface area contributed by atoms with Crippen LogP contribution >= 0.6 is 0 Å². The van der Waals surface area contributed by atoms with E-state index in [0.717, 1.165) is 11.3 Å². The van der Waals surface area contributed by atoms with E-state index in [0.29, 0.717) is 34.9 Å². The Morgan fingerprint density at radius 1 is 0.871 bits per heavy atom. The van der Waals surface area contributed by atoms with Gasteiger partial charge in [0.1, 0.15) is 5.75 Å². The first-order chi connectivity index (χ1) is 15.1. The van der Waals surface area contributed by atoms with Crippen LogP contribution in [0.3, 0.4) is 0 Å². The second-order valence-electron chi connectivity index (χ2n) is 7.01. The first kappa shape index (κ1) is 20.3. The van der Waals surface area contributed by atoms with Crippen molar-refractivity contribution in [1.29, 1.82) is 0 Å². The zero-order chi connectivity index (χ0) is 21.8. The molecule has 0 fully saturated rings. The number of benzene rings is 3. The SMILES string of the molecule is COc1ccc(NC(=O)c2cccc(NC(=O)C3Cc4ccccc4O3)c2)cc1OC. The summed E-state index contributed by atoms with van der Waals surface area (Å²) in [7, 11) is 3.08. The number of anilines is 2. The minimum atomic E-state index is -0.596. The van der Waals surface area contributed by atoms with Crippen LogP contribution in [0.4, 0.5) is 11.4 Å². The molecule has 7 nitrogen and oxygen atoms in total. The lowest BCUT2D eigenvalue weighted by atomic mass is 10.1. The van der Waals surface area contributed by atoms with E-state index in [1.54, 1.807) is 49.6 Å². The predicted octanol–water partition coefficient (Wildman–Crippen LogP) is 3.90. The molecule has 0 spiro atoms. The van der Waals surface area contributed by atoms with Crippen LogP contribution in [0.1, 0.15) is 15.9 Å². The summed E-state index contributed by atoms with van der Waals surface area (Å²) in [6.45, 7) is 0. The van der Waals surface area contributed by atoms with Crippen LogP contribution < -0.4 is 24.8 Å². The first-order valence-electron chi connectivity index (χ1n) is 9.76. The van der Waals surface area contributed by atoms with E-state index in [1.807, 2.05) is 24.3 Å². The Bertz CT molecular complexity index is 1100. The number of para-hydroxylation sites is 1. The molecule has 1 atom stereocenters. The highest BCUT2D eigenvalue weighted by Gasteiger charge is 2.28. The van der Waals surface area contributed by atoms with E-state index in [2.05, 4.69) is 10.6 Å². The molecule has 2 N–H and O–H groups in total. The van der Waals surface area contributed by atoms with Gasteiger partial charge >= 0.3 is 0 Å². The minimum Gasteiger partial charge on any atom is -0.493 e. The average Bonchev–Trinajstić information content (AvgIpc) is 3.23. The first-order valence-corrected chi connectivity index (χ1v) is 9.76. The molecule has 0 aromatic heterocycles. The lowest BCUT2D eigenvalue weighted by Gasteiger charge is -2.13. The number of hydrogen-bond acceptors (Lipinski definition) is 5. The van der Waals surface area contributed by atoms with Gasteiger partial charge in [-0.3, -0.25) is 9.59 Å². The summed E-state index contributed by atoms with van der Waals surface area (Å²) in [5, 5.41) is 5.65. The molecule has 3 aromatic rings. The van der Waals surface area contributed by atoms with Gasteiger partial charge in [0.25, 0.3) is 11.8 Å². The summed E-state index contributed by atoms with van der Waals surface area (Å²) in [6.07, 6.45) is -0.0803. The van der Waals surface area contributed by atoms with Crippen molar-refractivity contribution < 1.29 is 23.8 Å². The van der Waals surface area contributed by atoms with Crippen LogP contribution in [-0.4, -0.2) is 32.1 Å². The molecule has 158 valence electrons. The van der Waals surface area contributed by atoms with E-state index in [9.17, 15) is 9.59 Å². The Morgan fingerprint density at radius 2 is 1.65 bits per heavy atom. The molecule has 31 heavy (non-hydrogen) atoms. The number of ether oxygens (including phenoxy) is 3. The van der Waals surface area contributed by atoms with Gasteiger partial charge in [-0.05, 0) is 42.0 Å². The van der Waals surface area contributed by atoms with E-state index < -0.39 is 6.10 Å². The monoisotopic (exact) mass is 418 g/mol. The van der Waals surface area contributed by atoms with Gasteiger partial charge in [-0.15, -0.1) is 0 Å². The molecule has 3 aromatic carbocycles. The van der Waals surface area contributed by atoms with Gasteiger partial charge in [0, 0.05) is 29.4 Å². The van der Waals surface area contributed by atoms with Gasteiger partial charge in [-0.25, -0.2) is 0 Å². The Morgan fingerprint density at radius 3 is 2.42 bits per heavy atom. The molecule has 0 saturated heterocycles. The third-order valence-corrected chi connectivity index (χ3v) is 4.97. The lowest BCUT2D eigenvalue weighted by molar-refractivity contribution is -0.122. The molecular weight excluding hydrogens is 396 g/mol. The molecule has 1 heterocycles. The third-order valence-electron chi connectivity index (χ3n) is 4.97. The van der Waals surface area contributed by atoms with Crippen LogP contribution in [0.2, 0.25) is 0 Å². The van der Waals surface area contributed by atoms with Crippen molar-refractivity contribution in [2.45, 2.75) is 12.5 Å². The summed E-state index contributed by atoms with van der Waals surface area (Å²) in [5.41, 5.74) is 2.49. The molecule has 0 saturated carbocycles. The fourth-order valence-electron chi connectivity index (χ4n) is 3.41. The van der Waals surface area contributed by atoms with Crippen molar-refractivity contribution in [2.24, 2.45) is 0 Å². The summed E-state index contributed by atoms with van der Waals surface area (Å²) < 4.78 is 16.2. The Balaban J connectivity index is 1.42. The van der Waals surface area contributed by atoms with Crippen molar-refractivity contribution in [3.63, 3.8) is 0 Å².